The van der Waals surface area contributed by atoms with Gasteiger partial charge < -0.3 is 24.5 Å². The lowest BCUT2D eigenvalue weighted by Crippen LogP contribution is -2.41. The summed E-state index contributed by atoms with van der Waals surface area (Å²) in [6, 6.07) is 24.4. The lowest BCUT2D eigenvalue weighted by molar-refractivity contribution is 0.00578. The van der Waals surface area contributed by atoms with E-state index in [9.17, 15) is 9.90 Å². The second kappa shape index (κ2) is 11.0. The molecule has 0 saturated carbocycles. The molecule has 202 valence electrons. The van der Waals surface area contributed by atoms with Crippen LogP contribution in [0.3, 0.4) is 0 Å². The lowest BCUT2D eigenvalue weighted by Gasteiger charge is -2.32. The summed E-state index contributed by atoms with van der Waals surface area (Å²) in [7, 11) is -0.633. The molecule has 1 amide bonds. The molecule has 0 unspecified atom stereocenters. The smallest absolute Gasteiger partial charge is 0.449 e. The van der Waals surface area contributed by atoms with Crippen molar-refractivity contribution in [2.24, 2.45) is 0 Å². The number of aliphatic hydroxyl groups is 1. The molecule has 0 bridgehead atoms. The quantitative estimate of drug-likeness (QED) is 0.365. The first-order chi connectivity index (χ1) is 18.7. The van der Waals surface area contributed by atoms with Crippen LogP contribution in [0.25, 0.3) is 17.2 Å². The molecule has 0 atom stereocenters. The molecule has 3 aromatic rings. The SMILES string of the molecule is CC1(C)OB(C(=Cc2ccccc2CCO)CNC(=O)OCC2c3ccccc3-c3ccccc32)OC1(C)C. The molecule has 2 N–H and O–H groups in total. The van der Waals surface area contributed by atoms with Crippen LogP contribution in [-0.2, 0) is 20.5 Å². The van der Waals surface area contributed by atoms with E-state index in [0.717, 1.165) is 16.6 Å². The summed E-state index contributed by atoms with van der Waals surface area (Å²) in [4.78, 5) is 12.9. The number of nitrogens with one attached hydrogen (secondary N) is 1. The third kappa shape index (κ3) is 5.53. The van der Waals surface area contributed by atoms with Crippen LogP contribution in [0.1, 0.15) is 55.9 Å². The van der Waals surface area contributed by atoms with Crippen molar-refractivity contribution in [3.8, 4) is 11.1 Å². The molecule has 0 radical (unpaired) electrons. The number of hydrogen-bond acceptors (Lipinski definition) is 5. The number of carbonyl (C=O) groups is 1. The maximum absolute atomic E-state index is 12.9. The molecule has 1 heterocycles. The fourth-order valence-corrected chi connectivity index (χ4v) is 5.24. The molecule has 5 rings (SSSR count). The van der Waals surface area contributed by atoms with Gasteiger partial charge in [-0.25, -0.2) is 4.79 Å². The van der Waals surface area contributed by atoms with E-state index in [2.05, 4.69) is 29.6 Å². The largest absolute Gasteiger partial charge is 0.492 e. The molecule has 2 aliphatic rings. The molecule has 1 aliphatic heterocycles. The van der Waals surface area contributed by atoms with Crippen LogP contribution in [0.5, 0.6) is 0 Å². The minimum absolute atomic E-state index is 0.00776. The highest BCUT2D eigenvalue weighted by atomic mass is 16.7. The summed E-state index contributed by atoms with van der Waals surface area (Å²) in [6.45, 7) is 8.50. The average Bonchev–Trinajstić information content (AvgIpc) is 3.35. The van der Waals surface area contributed by atoms with E-state index >= 15 is 0 Å². The normalized spacial score (nSPS) is 17.6. The average molecular weight is 525 g/mol. The van der Waals surface area contributed by atoms with E-state index in [0.29, 0.717) is 6.42 Å². The Morgan fingerprint density at radius 3 is 2.10 bits per heavy atom. The predicted molar refractivity (Wildman–Crippen MR) is 154 cm³/mol. The number of amides is 1. The van der Waals surface area contributed by atoms with Crippen LogP contribution in [-0.4, -0.2) is 49.3 Å². The van der Waals surface area contributed by atoms with E-state index in [1.54, 1.807) is 0 Å². The highest BCUT2D eigenvalue weighted by Gasteiger charge is 2.52. The standard InChI is InChI=1S/C32H36BNO5/c1-31(2)32(3,4)39-33(38-31)24(19-23-12-6-5-11-22(23)17-18-35)20-34-30(36)37-21-29-27-15-9-7-13-25(27)26-14-8-10-16-28(26)29/h5-16,19,29,35H,17-18,20-21H2,1-4H3,(H,34,36). The number of hydrogen-bond donors (Lipinski definition) is 2. The topological polar surface area (TPSA) is 77.0 Å². The van der Waals surface area contributed by atoms with Crippen LogP contribution < -0.4 is 5.32 Å². The monoisotopic (exact) mass is 525 g/mol. The van der Waals surface area contributed by atoms with Crippen molar-refractivity contribution in [3.05, 3.63) is 101 Å². The Balaban J connectivity index is 1.32. The van der Waals surface area contributed by atoms with E-state index in [1.807, 2.05) is 82.3 Å². The van der Waals surface area contributed by atoms with Crippen LogP contribution in [0.2, 0.25) is 0 Å². The predicted octanol–water partition coefficient (Wildman–Crippen LogP) is 5.77. The van der Waals surface area contributed by atoms with Gasteiger partial charge in [0.25, 0.3) is 0 Å². The Bertz CT molecular complexity index is 1320. The summed E-state index contributed by atoms with van der Waals surface area (Å²) in [5.41, 5.74) is 6.41. The highest BCUT2D eigenvalue weighted by Crippen LogP contribution is 2.44. The van der Waals surface area contributed by atoms with Gasteiger partial charge in [0.05, 0.1) is 11.2 Å². The fourth-order valence-electron chi connectivity index (χ4n) is 5.24. The third-order valence-electron chi connectivity index (χ3n) is 8.11. The molecule has 7 heteroatoms. The molecule has 6 nitrogen and oxygen atoms in total. The minimum Gasteiger partial charge on any atom is -0.449 e. The summed E-state index contributed by atoms with van der Waals surface area (Å²) >= 11 is 0. The van der Waals surface area contributed by atoms with Crippen LogP contribution in [0.4, 0.5) is 4.79 Å². The van der Waals surface area contributed by atoms with Gasteiger partial charge in [0.15, 0.2) is 0 Å². The number of fused-ring (bicyclic) bond motifs is 3. The van der Waals surface area contributed by atoms with Gasteiger partial charge in [-0.05, 0) is 73.0 Å². The van der Waals surface area contributed by atoms with E-state index in [1.165, 1.54) is 22.3 Å². The van der Waals surface area contributed by atoms with Crippen LogP contribution in [0.15, 0.2) is 78.3 Å². The molecule has 0 spiro atoms. The van der Waals surface area contributed by atoms with Crippen molar-refractivity contribution in [2.75, 3.05) is 19.8 Å². The molecular weight excluding hydrogens is 489 g/mol. The molecule has 1 fully saturated rings. The van der Waals surface area contributed by atoms with Gasteiger partial charge in [0.1, 0.15) is 6.61 Å². The Morgan fingerprint density at radius 1 is 0.923 bits per heavy atom. The van der Waals surface area contributed by atoms with Gasteiger partial charge in [-0.3, -0.25) is 0 Å². The Hall–Kier alpha value is -3.39. The second-order valence-electron chi connectivity index (χ2n) is 11.2. The van der Waals surface area contributed by atoms with Crippen molar-refractivity contribution in [3.63, 3.8) is 0 Å². The van der Waals surface area contributed by atoms with E-state index in [4.69, 9.17) is 14.0 Å². The highest BCUT2D eigenvalue weighted by molar-refractivity contribution is 6.56. The zero-order chi connectivity index (χ0) is 27.6. The van der Waals surface area contributed by atoms with Crippen molar-refractivity contribution in [2.45, 2.75) is 51.2 Å². The Kier molecular flexibility index (Phi) is 7.67. The van der Waals surface area contributed by atoms with Gasteiger partial charge in [-0.2, -0.15) is 0 Å². The van der Waals surface area contributed by atoms with E-state index in [-0.39, 0.29) is 25.7 Å². The molecule has 0 aromatic heterocycles. The molecule has 39 heavy (non-hydrogen) atoms. The minimum atomic E-state index is -0.633. The number of aliphatic hydroxyl groups excluding tert-OH is 1. The zero-order valence-corrected chi connectivity index (χ0v) is 23.1. The van der Waals surface area contributed by atoms with Crippen molar-refractivity contribution in [1.82, 2.24) is 5.32 Å². The number of alkyl carbamates (subject to hydrolysis) is 1. The van der Waals surface area contributed by atoms with Crippen molar-refractivity contribution >= 4 is 19.3 Å². The summed E-state index contributed by atoms with van der Waals surface area (Å²) in [6.07, 6.45) is 2.02. The second-order valence-corrected chi connectivity index (χ2v) is 11.2. The number of rotatable bonds is 8. The molecule has 1 saturated heterocycles. The summed E-state index contributed by atoms with van der Waals surface area (Å²) < 4.78 is 18.4. The van der Waals surface area contributed by atoms with Crippen molar-refractivity contribution < 1.29 is 23.9 Å². The maximum atomic E-state index is 12.9. The van der Waals surface area contributed by atoms with Crippen LogP contribution in [0, 0.1) is 0 Å². The van der Waals surface area contributed by atoms with Gasteiger partial charge in [-0.1, -0.05) is 78.9 Å². The molecule has 1 aliphatic carbocycles. The fraction of sp³-hybridized carbons (Fsp3) is 0.344. The van der Waals surface area contributed by atoms with Crippen LogP contribution >= 0.6 is 0 Å². The van der Waals surface area contributed by atoms with E-state index < -0.39 is 24.4 Å². The first kappa shape index (κ1) is 27.2. The van der Waals surface area contributed by atoms with Crippen molar-refractivity contribution in [1.29, 1.82) is 0 Å². The third-order valence-corrected chi connectivity index (χ3v) is 8.11. The summed E-state index contributed by atoms with van der Waals surface area (Å²) in [5, 5.41) is 12.5. The first-order valence-corrected chi connectivity index (χ1v) is 13.5. The number of carbonyl (C=O) groups excluding carboxylic acids is 1. The molecule has 3 aromatic carbocycles. The Labute approximate surface area is 231 Å². The first-order valence-electron chi connectivity index (χ1n) is 13.5. The summed E-state index contributed by atoms with van der Waals surface area (Å²) in [5.74, 6) is -0.00776. The maximum Gasteiger partial charge on any atom is 0.492 e. The van der Waals surface area contributed by atoms with Gasteiger partial charge in [-0.15, -0.1) is 0 Å². The van der Waals surface area contributed by atoms with Gasteiger partial charge >= 0.3 is 13.2 Å². The molecular formula is C32H36BNO5. The van der Waals surface area contributed by atoms with Gasteiger partial charge in [0.2, 0.25) is 0 Å². The van der Waals surface area contributed by atoms with Gasteiger partial charge in [0, 0.05) is 19.1 Å². The number of benzene rings is 3. The lowest BCUT2D eigenvalue weighted by atomic mass is 9.76. The Morgan fingerprint density at radius 2 is 1.49 bits per heavy atom. The number of ether oxygens (including phenoxy) is 1. The zero-order valence-electron chi connectivity index (χ0n) is 23.1.